The standard InChI is InChI=1S/C16H20O4/c1-18-14-4-2-12(3-5-14)10-15(17)20-16(7-8-16)13-6-9-19-11-13/h2-5,13H,6-11H2,1H3. The van der Waals surface area contributed by atoms with Gasteiger partial charge in [0.25, 0.3) is 0 Å². The molecule has 1 aromatic rings. The molecule has 1 unspecified atom stereocenters. The summed E-state index contributed by atoms with van der Waals surface area (Å²) >= 11 is 0. The summed E-state index contributed by atoms with van der Waals surface area (Å²) < 4.78 is 16.2. The molecule has 20 heavy (non-hydrogen) atoms. The Labute approximate surface area is 119 Å². The highest BCUT2D eigenvalue weighted by Gasteiger charge is 2.54. The Kier molecular flexibility index (Phi) is 3.66. The van der Waals surface area contributed by atoms with Crippen molar-refractivity contribution in [1.29, 1.82) is 0 Å². The molecule has 0 amide bonds. The normalized spacial score (nSPS) is 23.4. The number of benzene rings is 1. The number of rotatable bonds is 5. The summed E-state index contributed by atoms with van der Waals surface area (Å²) in [4.78, 5) is 12.1. The van der Waals surface area contributed by atoms with Crippen LogP contribution in [0.15, 0.2) is 24.3 Å². The van der Waals surface area contributed by atoms with Crippen LogP contribution in [0.25, 0.3) is 0 Å². The molecule has 4 nitrogen and oxygen atoms in total. The maximum atomic E-state index is 12.1. The molecule has 1 heterocycles. The van der Waals surface area contributed by atoms with Crippen molar-refractivity contribution in [3.8, 4) is 5.75 Å². The van der Waals surface area contributed by atoms with E-state index in [9.17, 15) is 4.79 Å². The molecule has 4 heteroatoms. The fourth-order valence-corrected chi connectivity index (χ4v) is 2.84. The van der Waals surface area contributed by atoms with Gasteiger partial charge in [0.2, 0.25) is 0 Å². The van der Waals surface area contributed by atoms with Crippen LogP contribution in [0.2, 0.25) is 0 Å². The van der Waals surface area contributed by atoms with Crippen molar-refractivity contribution in [2.45, 2.75) is 31.3 Å². The molecule has 1 aliphatic carbocycles. The summed E-state index contributed by atoms with van der Waals surface area (Å²) in [5.74, 6) is 1.05. The molecule has 108 valence electrons. The van der Waals surface area contributed by atoms with Crippen LogP contribution in [0.4, 0.5) is 0 Å². The van der Waals surface area contributed by atoms with E-state index in [1.54, 1.807) is 7.11 Å². The topological polar surface area (TPSA) is 44.8 Å². The molecule has 2 aliphatic rings. The summed E-state index contributed by atoms with van der Waals surface area (Å²) in [6.07, 6.45) is 3.29. The van der Waals surface area contributed by atoms with Crippen molar-refractivity contribution in [1.82, 2.24) is 0 Å². The summed E-state index contributed by atoms with van der Waals surface area (Å²) in [6.45, 7) is 1.53. The predicted molar refractivity (Wildman–Crippen MR) is 73.7 cm³/mol. The zero-order valence-electron chi connectivity index (χ0n) is 11.8. The number of esters is 1. The van der Waals surface area contributed by atoms with Gasteiger partial charge < -0.3 is 14.2 Å². The Morgan fingerprint density at radius 3 is 2.65 bits per heavy atom. The molecule has 0 aromatic heterocycles. The number of carbonyl (C=O) groups is 1. The molecule has 1 saturated carbocycles. The lowest BCUT2D eigenvalue weighted by Gasteiger charge is -2.22. The van der Waals surface area contributed by atoms with E-state index in [1.807, 2.05) is 24.3 Å². The molecule has 1 aliphatic heterocycles. The molecule has 1 aromatic carbocycles. The van der Waals surface area contributed by atoms with E-state index in [0.29, 0.717) is 12.3 Å². The highest BCUT2D eigenvalue weighted by molar-refractivity contribution is 5.73. The van der Waals surface area contributed by atoms with E-state index in [0.717, 1.165) is 43.8 Å². The van der Waals surface area contributed by atoms with Crippen molar-refractivity contribution >= 4 is 5.97 Å². The van der Waals surface area contributed by atoms with Crippen molar-refractivity contribution < 1.29 is 19.0 Å². The van der Waals surface area contributed by atoms with E-state index < -0.39 is 0 Å². The first kappa shape index (κ1) is 13.4. The smallest absolute Gasteiger partial charge is 0.310 e. The monoisotopic (exact) mass is 276 g/mol. The van der Waals surface area contributed by atoms with Crippen LogP contribution in [-0.4, -0.2) is 31.9 Å². The molecular formula is C16H20O4. The van der Waals surface area contributed by atoms with Crippen LogP contribution < -0.4 is 4.74 Å². The average Bonchev–Trinajstić information content (AvgIpc) is 3.02. The number of carbonyl (C=O) groups excluding carboxylic acids is 1. The van der Waals surface area contributed by atoms with Crippen LogP contribution in [0, 0.1) is 5.92 Å². The van der Waals surface area contributed by atoms with Gasteiger partial charge >= 0.3 is 5.97 Å². The number of ether oxygens (including phenoxy) is 3. The van der Waals surface area contributed by atoms with Crippen molar-refractivity contribution in [2.24, 2.45) is 5.92 Å². The maximum absolute atomic E-state index is 12.1. The van der Waals surface area contributed by atoms with Crippen LogP contribution in [0.1, 0.15) is 24.8 Å². The Balaban J connectivity index is 1.56. The highest BCUT2D eigenvalue weighted by atomic mass is 16.6. The largest absolute Gasteiger partial charge is 0.497 e. The van der Waals surface area contributed by atoms with Gasteiger partial charge in [-0.3, -0.25) is 4.79 Å². The van der Waals surface area contributed by atoms with Crippen LogP contribution >= 0.6 is 0 Å². The molecule has 2 fully saturated rings. The second-order valence-electron chi connectivity index (χ2n) is 5.62. The van der Waals surface area contributed by atoms with Crippen molar-refractivity contribution in [2.75, 3.05) is 20.3 Å². The zero-order chi connectivity index (χ0) is 14.0. The Morgan fingerprint density at radius 1 is 1.35 bits per heavy atom. The Hall–Kier alpha value is -1.55. The molecule has 1 saturated heterocycles. The third kappa shape index (κ3) is 2.80. The first-order valence-electron chi connectivity index (χ1n) is 7.14. The summed E-state index contributed by atoms with van der Waals surface area (Å²) in [5, 5.41) is 0. The molecular weight excluding hydrogens is 256 g/mol. The van der Waals surface area contributed by atoms with E-state index in [-0.39, 0.29) is 11.6 Å². The molecule has 1 atom stereocenters. The lowest BCUT2D eigenvalue weighted by atomic mass is 9.99. The van der Waals surface area contributed by atoms with Gasteiger partial charge in [0, 0.05) is 12.5 Å². The van der Waals surface area contributed by atoms with Gasteiger partial charge in [-0.05, 0) is 37.0 Å². The quantitative estimate of drug-likeness (QED) is 0.774. The lowest BCUT2D eigenvalue weighted by Crippen LogP contribution is -2.30. The summed E-state index contributed by atoms with van der Waals surface area (Å²) in [5.41, 5.74) is 0.731. The van der Waals surface area contributed by atoms with E-state index in [2.05, 4.69) is 0 Å². The van der Waals surface area contributed by atoms with Crippen LogP contribution in [-0.2, 0) is 20.7 Å². The van der Waals surface area contributed by atoms with Gasteiger partial charge in [0.1, 0.15) is 11.4 Å². The fraction of sp³-hybridized carbons (Fsp3) is 0.562. The number of methoxy groups -OCH3 is 1. The van der Waals surface area contributed by atoms with E-state index >= 15 is 0 Å². The first-order chi connectivity index (χ1) is 9.72. The van der Waals surface area contributed by atoms with Gasteiger partial charge in [0.05, 0.1) is 20.1 Å². The second-order valence-corrected chi connectivity index (χ2v) is 5.62. The Bertz CT molecular complexity index is 470. The van der Waals surface area contributed by atoms with Crippen molar-refractivity contribution in [3.63, 3.8) is 0 Å². The highest BCUT2D eigenvalue weighted by Crippen LogP contribution is 2.49. The second kappa shape index (κ2) is 5.44. The van der Waals surface area contributed by atoms with Gasteiger partial charge in [0.15, 0.2) is 0 Å². The van der Waals surface area contributed by atoms with Gasteiger partial charge in [-0.1, -0.05) is 12.1 Å². The minimum absolute atomic E-state index is 0.139. The summed E-state index contributed by atoms with van der Waals surface area (Å²) in [7, 11) is 1.63. The molecule has 0 N–H and O–H groups in total. The third-order valence-electron chi connectivity index (χ3n) is 4.24. The molecule has 0 spiro atoms. The third-order valence-corrected chi connectivity index (χ3v) is 4.24. The van der Waals surface area contributed by atoms with E-state index in [1.165, 1.54) is 0 Å². The van der Waals surface area contributed by atoms with E-state index in [4.69, 9.17) is 14.2 Å². The van der Waals surface area contributed by atoms with Crippen LogP contribution in [0.3, 0.4) is 0 Å². The fourth-order valence-electron chi connectivity index (χ4n) is 2.84. The SMILES string of the molecule is COc1ccc(CC(=O)OC2(C3CCOC3)CC2)cc1. The minimum atomic E-state index is -0.222. The number of hydrogen-bond acceptors (Lipinski definition) is 4. The van der Waals surface area contributed by atoms with Gasteiger partial charge in [-0.15, -0.1) is 0 Å². The minimum Gasteiger partial charge on any atom is -0.497 e. The molecule has 0 bridgehead atoms. The van der Waals surface area contributed by atoms with Gasteiger partial charge in [-0.25, -0.2) is 0 Å². The van der Waals surface area contributed by atoms with Crippen LogP contribution in [0.5, 0.6) is 5.75 Å². The van der Waals surface area contributed by atoms with Crippen molar-refractivity contribution in [3.05, 3.63) is 29.8 Å². The van der Waals surface area contributed by atoms with Gasteiger partial charge in [-0.2, -0.15) is 0 Å². The average molecular weight is 276 g/mol. The Morgan fingerprint density at radius 2 is 2.10 bits per heavy atom. The number of hydrogen-bond donors (Lipinski definition) is 0. The molecule has 3 rings (SSSR count). The zero-order valence-corrected chi connectivity index (χ0v) is 11.8. The predicted octanol–water partition coefficient (Wildman–Crippen LogP) is 2.35. The lowest BCUT2D eigenvalue weighted by molar-refractivity contribution is -0.153. The first-order valence-corrected chi connectivity index (χ1v) is 7.14. The maximum Gasteiger partial charge on any atom is 0.310 e. The summed E-state index contributed by atoms with van der Waals surface area (Å²) in [6, 6.07) is 7.53. The molecule has 0 radical (unpaired) electrons.